The summed E-state index contributed by atoms with van der Waals surface area (Å²) in [7, 11) is 0. The van der Waals surface area contributed by atoms with Crippen molar-refractivity contribution in [3.8, 4) is 0 Å². The molecule has 106 valence electrons. The molecule has 0 aliphatic heterocycles. The summed E-state index contributed by atoms with van der Waals surface area (Å²) >= 11 is 3.42. The van der Waals surface area contributed by atoms with Gasteiger partial charge in [-0.15, -0.1) is 0 Å². The van der Waals surface area contributed by atoms with E-state index in [9.17, 15) is 0 Å². The maximum atomic E-state index is 5.73. The van der Waals surface area contributed by atoms with Gasteiger partial charge >= 0.3 is 0 Å². The fourth-order valence-electron chi connectivity index (χ4n) is 1.78. The van der Waals surface area contributed by atoms with E-state index < -0.39 is 0 Å². The molecular weight excluding hydrogens is 316 g/mol. The number of hydrogen-bond acceptors (Lipinski definition) is 3. The molecule has 3 nitrogen and oxygen atoms in total. The Kier molecular flexibility index (Phi) is 6.02. The summed E-state index contributed by atoms with van der Waals surface area (Å²) in [5.41, 5.74) is 2.31. The average molecular weight is 335 g/mol. The van der Waals surface area contributed by atoms with Crippen molar-refractivity contribution in [1.29, 1.82) is 0 Å². The first-order valence-corrected chi connectivity index (χ1v) is 7.58. The van der Waals surface area contributed by atoms with Crippen molar-refractivity contribution < 1.29 is 4.74 Å². The van der Waals surface area contributed by atoms with E-state index in [-0.39, 0.29) is 0 Å². The third-order valence-electron chi connectivity index (χ3n) is 2.83. The van der Waals surface area contributed by atoms with Crippen LogP contribution in [0.25, 0.3) is 0 Å². The molecule has 0 aliphatic carbocycles. The fourth-order valence-corrected chi connectivity index (χ4v) is 2.05. The second-order valence-electron chi connectivity index (χ2n) is 4.60. The molecule has 0 saturated heterocycles. The van der Waals surface area contributed by atoms with Gasteiger partial charge in [-0.2, -0.15) is 0 Å². The predicted octanol–water partition coefficient (Wildman–Crippen LogP) is 4.38. The molecule has 4 heteroatoms. The minimum absolute atomic E-state index is 0.597. The first kappa shape index (κ1) is 15.0. The van der Waals surface area contributed by atoms with E-state index in [2.05, 4.69) is 45.3 Å². The molecule has 0 bridgehead atoms. The highest BCUT2D eigenvalue weighted by Gasteiger charge is 1.98. The zero-order valence-electron chi connectivity index (χ0n) is 11.6. The molecule has 0 radical (unpaired) electrons. The number of nitrogens with zero attached hydrogens (tertiary/aromatic N) is 1. The highest BCUT2D eigenvalue weighted by molar-refractivity contribution is 9.10. The number of ether oxygens (including phenoxy) is 1. The first-order chi connectivity index (χ1) is 9.78. The Morgan fingerprint density at radius 1 is 1.10 bits per heavy atom. The van der Waals surface area contributed by atoms with Crippen LogP contribution < -0.4 is 5.32 Å². The fraction of sp³-hybridized carbons (Fsp3) is 0.312. The summed E-state index contributed by atoms with van der Waals surface area (Å²) < 4.78 is 6.82. The summed E-state index contributed by atoms with van der Waals surface area (Å²) in [6.45, 7) is 4.29. The van der Waals surface area contributed by atoms with Gasteiger partial charge in [0.2, 0.25) is 0 Å². The largest absolute Gasteiger partial charge is 0.372 e. The van der Waals surface area contributed by atoms with E-state index in [1.165, 1.54) is 5.56 Å². The van der Waals surface area contributed by atoms with Crippen LogP contribution in [-0.2, 0) is 18.0 Å². The van der Waals surface area contributed by atoms with Crippen molar-refractivity contribution in [2.75, 3.05) is 11.9 Å². The number of pyridine rings is 1. The van der Waals surface area contributed by atoms with Crippen LogP contribution in [0, 0.1) is 0 Å². The van der Waals surface area contributed by atoms with Crippen molar-refractivity contribution in [2.45, 2.75) is 26.6 Å². The Hall–Kier alpha value is -1.39. The molecule has 0 saturated carbocycles. The van der Waals surface area contributed by atoms with Crippen LogP contribution in [0.15, 0.2) is 47.1 Å². The van der Waals surface area contributed by atoms with E-state index in [4.69, 9.17) is 4.74 Å². The number of rotatable bonds is 7. The molecule has 20 heavy (non-hydrogen) atoms. The minimum atomic E-state index is 0.597. The molecule has 2 aromatic rings. The molecule has 1 aromatic carbocycles. The highest BCUT2D eigenvalue weighted by Crippen LogP contribution is 2.13. The minimum Gasteiger partial charge on any atom is -0.372 e. The van der Waals surface area contributed by atoms with Gasteiger partial charge in [-0.05, 0) is 41.8 Å². The maximum absolute atomic E-state index is 5.73. The van der Waals surface area contributed by atoms with Crippen LogP contribution in [0.4, 0.5) is 5.82 Å². The zero-order valence-corrected chi connectivity index (χ0v) is 13.2. The molecule has 1 aromatic heterocycles. The van der Waals surface area contributed by atoms with Gasteiger partial charge < -0.3 is 10.1 Å². The molecule has 2 rings (SSSR count). The third-order valence-corrected chi connectivity index (χ3v) is 3.36. The second-order valence-corrected chi connectivity index (χ2v) is 5.51. The van der Waals surface area contributed by atoms with Crippen LogP contribution in [0.3, 0.4) is 0 Å². The van der Waals surface area contributed by atoms with Gasteiger partial charge in [0.25, 0.3) is 0 Å². The van der Waals surface area contributed by atoms with Crippen molar-refractivity contribution in [2.24, 2.45) is 0 Å². The number of anilines is 1. The lowest BCUT2D eigenvalue weighted by atomic mass is 10.2. The van der Waals surface area contributed by atoms with Gasteiger partial charge in [0.1, 0.15) is 5.82 Å². The number of nitrogens with one attached hydrogen (secondary N) is 1. The second kappa shape index (κ2) is 8.02. The molecular formula is C16H19BrN2O. The molecule has 0 spiro atoms. The summed E-state index contributed by atoms with van der Waals surface area (Å²) in [6.07, 6.45) is 2.91. The van der Waals surface area contributed by atoms with Crippen molar-refractivity contribution >= 4 is 21.7 Å². The lowest BCUT2D eigenvalue weighted by Gasteiger charge is -2.07. The summed E-state index contributed by atoms with van der Waals surface area (Å²) in [5, 5.41) is 3.28. The van der Waals surface area contributed by atoms with Crippen molar-refractivity contribution in [1.82, 2.24) is 4.98 Å². The van der Waals surface area contributed by atoms with Gasteiger partial charge in [-0.3, -0.25) is 0 Å². The quantitative estimate of drug-likeness (QED) is 0.815. The molecule has 0 fully saturated rings. The number of hydrogen-bond donors (Lipinski definition) is 1. The number of aromatic nitrogens is 1. The van der Waals surface area contributed by atoms with E-state index >= 15 is 0 Å². The van der Waals surface area contributed by atoms with Gasteiger partial charge in [0, 0.05) is 17.2 Å². The molecule has 0 aliphatic rings. The smallest absolute Gasteiger partial charge is 0.126 e. The monoisotopic (exact) mass is 334 g/mol. The number of benzene rings is 1. The van der Waals surface area contributed by atoms with Gasteiger partial charge in [-0.25, -0.2) is 4.98 Å². The van der Waals surface area contributed by atoms with Crippen LogP contribution in [-0.4, -0.2) is 11.5 Å². The summed E-state index contributed by atoms with van der Waals surface area (Å²) in [6, 6.07) is 12.2. The standard InChI is InChI=1S/C16H19BrN2O/c1-2-8-18-16-10-14(7-9-19-16)12-20-11-13-3-5-15(17)6-4-13/h3-7,9-10H,2,8,11-12H2,1H3,(H,18,19). The van der Waals surface area contributed by atoms with Crippen molar-refractivity contribution in [3.05, 3.63) is 58.2 Å². The molecule has 0 amide bonds. The SMILES string of the molecule is CCCNc1cc(COCc2ccc(Br)cc2)ccn1. The lowest BCUT2D eigenvalue weighted by Crippen LogP contribution is -2.02. The number of halogens is 1. The van der Waals surface area contributed by atoms with E-state index in [1.54, 1.807) is 0 Å². The predicted molar refractivity (Wildman–Crippen MR) is 85.7 cm³/mol. The highest BCUT2D eigenvalue weighted by atomic mass is 79.9. The molecule has 1 heterocycles. The lowest BCUT2D eigenvalue weighted by molar-refractivity contribution is 0.107. The Morgan fingerprint density at radius 2 is 1.85 bits per heavy atom. The summed E-state index contributed by atoms with van der Waals surface area (Å²) in [5.74, 6) is 0.914. The van der Waals surface area contributed by atoms with Crippen LogP contribution in [0.1, 0.15) is 24.5 Å². The van der Waals surface area contributed by atoms with Crippen LogP contribution in [0.2, 0.25) is 0 Å². The van der Waals surface area contributed by atoms with Crippen LogP contribution in [0.5, 0.6) is 0 Å². The van der Waals surface area contributed by atoms with E-state index in [1.807, 2.05) is 30.5 Å². The average Bonchev–Trinajstić information content (AvgIpc) is 2.48. The Bertz CT molecular complexity index is 528. The topological polar surface area (TPSA) is 34.1 Å². The van der Waals surface area contributed by atoms with Gasteiger partial charge in [-0.1, -0.05) is 35.0 Å². The first-order valence-electron chi connectivity index (χ1n) is 6.79. The third kappa shape index (κ3) is 4.94. The van der Waals surface area contributed by atoms with Crippen molar-refractivity contribution in [3.63, 3.8) is 0 Å². The zero-order chi connectivity index (χ0) is 14.2. The molecule has 1 N–H and O–H groups in total. The maximum Gasteiger partial charge on any atom is 0.126 e. The molecule has 0 unspecified atom stereocenters. The Labute approximate surface area is 128 Å². The summed E-state index contributed by atoms with van der Waals surface area (Å²) in [4.78, 5) is 4.28. The Morgan fingerprint density at radius 3 is 2.60 bits per heavy atom. The van der Waals surface area contributed by atoms with E-state index in [0.717, 1.165) is 28.8 Å². The van der Waals surface area contributed by atoms with Gasteiger partial charge in [0.05, 0.1) is 13.2 Å². The van der Waals surface area contributed by atoms with Gasteiger partial charge in [0.15, 0.2) is 0 Å². The molecule has 0 atom stereocenters. The normalized spacial score (nSPS) is 10.5. The Balaban J connectivity index is 1.82. The van der Waals surface area contributed by atoms with Crippen LogP contribution >= 0.6 is 15.9 Å². The van der Waals surface area contributed by atoms with E-state index in [0.29, 0.717) is 13.2 Å².